The molecule has 4 amide bonds. The summed E-state index contributed by atoms with van der Waals surface area (Å²) in [4.78, 5) is 52.9. The highest BCUT2D eigenvalue weighted by molar-refractivity contribution is 6.24. The summed E-state index contributed by atoms with van der Waals surface area (Å²) in [6, 6.07) is 4.49. The number of carbonyl (C=O) groups is 4. The van der Waals surface area contributed by atoms with Gasteiger partial charge in [-0.15, -0.1) is 0 Å². The molecule has 4 aliphatic rings. The van der Waals surface area contributed by atoms with Gasteiger partial charge in [0, 0.05) is 32.1 Å². The predicted octanol–water partition coefficient (Wildman–Crippen LogP) is -0.133. The third-order valence-electron chi connectivity index (χ3n) is 6.44. The minimum Gasteiger partial charge on any atom is -0.326 e. The first-order valence-corrected chi connectivity index (χ1v) is 9.75. The Hall–Kier alpha value is -2.58. The molecule has 1 saturated carbocycles. The van der Waals surface area contributed by atoms with Crippen molar-refractivity contribution in [3.63, 3.8) is 0 Å². The fourth-order valence-electron chi connectivity index (χ4n) is 4.93. The second-order valence-electron chi connectivity index (χ2n) is 8.30. The lowest BCUT2D eigenvalue weighted by Gasteiger charge is -2.31. The summed E-state index contributed by atoms with van der Waals surface area (Å²) >= 11 is 0. The molecule has 0 radical (unpaired) electrons. The van der Waals surface area contributed by atoms with Gasteiger partial charge < -0.3 is 5.73 Å². The molecule has 1 aromatic carbocycles. The van der Waals surface area contributed by atoms with E-state index in [1.807, 2.05) is 6.07 Å². The molecular weight excluding hydrogens is 360 g/mol. The van der Waals surface area contributed by atoms with E-state index in [9.17, 15) is 19.2 Å². The Morgan fingerprint density at radius 3 is 2.68 bits per heavy atom. The Kier molecular flexibility index (Phi) is 3.89. The summed E-state index contributed by atoms with van der Waals surface area (Å²) in [5.41, 5.74) is 7.73. The Morgan fingerprint density at radius 2 is 1.93 bits per heavy atom. The molecule has 1 aromatic rings. The van der Waals surface area contributed by atoms with E-state index in [-0.39, 0.29) is 24.8 Å². The number of nitrogens with one attached hydrogen (secondary N) is 1. The van der Waals surface area contributed by atoms with E-state index in [2.05, 4.69) is 10.2 Å². The summed E-state index contributed by atoms with van der Waals surface area (Å²) in [6.45, 7) is 2.30. The van der Waals surface area contributed by atoms with Crippen LogP contribution < -0.4 is 11.1 Å². The quantitative estimate of drug-likeness (QED) is 0.704. The number of imide groups is 2. The highest BCUT2D eigenvalue weighted by Crippen LogP contribution is 2.44. The molecule has 28 heavy (non-hydrogen) atoms. The Morgan fingerprint density at radius 1 is 1.11 bits per heavy atom. The van der Waals surface area contributed by atoms with Gasteiger partial charge in [0.1, 0.15) is 6.04 Å². The summed E-state index contributed by atoms with van der Waals surface area (Å²) in [6.07, 6.45) is 1.45. The number of hydrogen-bond donors (Lipinski definition) is 2. The van der Waals surface area contributed by atoms with Gasteiger partial charge in [-0.2, -0.15) is 0 Å². The smallest absolute Gasteiger partial charge is 0.262 e. The lowest BCUT2D eigenvalue weighted by molar-refractivity contribution is -0.136. The van der Waals surface area contributed by atoms with Crippen LogP contribution in [0.4, 0.5) is 0 Å². The summed E-state index contributed by atoms with van der Waals surface area (Å²) in [5, 5.41) is 2.22. The second-order valence-corrected chi connectivity index (χ2v) is 8.30. The molecule has 3 heterocycles. The molecule has 0 bridgehead atoms. The van der Waals surface area contributed by atoms with Crippen LogP contribution in [0.25, 0.3) is 0 Å². The zero-order valence-electron chi connectivity index (χ0n) is 15.4. The number of rotatable bonds is 3. The van der Waals surface area contributed by atoms with Gasteiger partial charge >= 0.3 is 0 Å². The molecule has 3 aliphatic heterocycles. The number of nitrogens with zero attached hydrogens (tertiary/aromatic N) is 2. The van der Waals surface area contributed by atoms with Gasteiger partial charge in [0.25, 0.3) is 11.8 Å². The highest BCUT2D eigenvalue weighted by atomic mass is 16.2. The monoisotopic (exact) mass is 382 g/mol. The van der Waals surface area contributed by atoms with Gasteiger partial charge in [-0.3, -0.25) is 34.3 Å². The number of carbonyl (C=O) groups excluding carboxylic acids is 4. The topological polar surface area (TPSA) is 113 Å². The minimum atomic E-state index is -0.936. The Bertz CT molecular complexity index is 913. The molecule has 1 unspecified atom stereocenters. The van der Waals surface area contributed by atoms with Crippen LogP contribution >= 0.6 is 0 Å². The van der Waals surface area contributed by atoms with Gasteiger partial charge in [-0.1, -0.05) is 12.1 Å². The first-order chi connectivity index (χ1) is 13.4. The third-order valence-corrected chi connectivity index (χ3v) is 6.44. The average Bonchev–Trinajstić information content (AvgIpc) is 3.38. The van der Waals surface area contributed by atoms with Crippen molar-refractivity contribution in [2.75, 3.05) is 13.1 Å². The molecule has 3 N–H and O–H groups in total. The Balaban J connectivity index is 1.42. The molecule has 5 rings (SSSR count). The first kappa shape index (κ1) is 17.5. The van der Waals surface area contributed by atoms with Crippen molar-refractivity contribution >= 4 is 23.6 Å². The SMILES string of the molecule is N[C@H]1CN(Cc2cccc3c2C(=O)N(C2CCC(=O)NC2=O)C3=O)C[C@@H]2C[C@@H]21. The van der Waals surface area contributed by atoms with Crippen LogP contribution in [-0.2, 0) is 16.1 Å². The number of amides is 4. The van der Waals surface area contributed by atoms with E-state index in [4.69, 9.17) is 5.73 Å². The summed E-state index contributed by atoms with van der Waals surface area (Å²) in [5.74, 6) is -0.612. The second kappa shape index (κ2) is 6.22. The zero-order valence-corrected chi connectivity index (χ0v) is 15.4. The van der Waals surface area contributed by atoms with Crippen molar-refractivity contribution in [2.45, 2.75) is 37.9 Å². The van der Waals surface area contributed by atoms with Gasteiger partial charge in [0.05, 0.1) is 11.1 Å². The van der Waals surface area contributed by atoms with E-state index in [1.54, 1.807) is 12.1 Å². The van der Waals surface area contributed by atoms with Crippen molar-refractivity contribution in [3.05, 3.63) is 34.9 Å². The zero-order chi connectivity index (χ0) is 19.6. The molecule has 4 atom stereocenters. The molecule has 8 nitrogen and oxygen atoms in total. The van der Waals surface area contributed by atoms with Crippen molar-refractivity contribution < 1.29 is 19.2 Å². The summed E-state index contributed by atoms with van der Waals surface area (Å²) < 4.78 is 0. The van der Waals surface area contributed by atoms with E-state index in [0.29, 0.717) is 29.5 Å². The van der Waals surface area contributed by atoms with Crippen LogP contribution in [0.2, 0.25) is 0 Å². The lowest BCUT2D eigenvalue weighted by atomic mass is 10.0. The molecule has 1 aliphatic carbocycles. The first-order valence-electron chi connectivity index (χ1n) is 9.75. The van der Waals surface area contributed by atoms with Gasteiger partial charge in [0.15, 0.2) is 0 Å². The maximum Gasteiger partial charge on any atom is 0.262 e. The number of nitrogens with two attached hydrogens (primary N) is 1. The van der Waals surface area contributed by atoms with Crippen LogP contribution in [0.3, 0.4) is 0 Å². The van der Waals surface area contributed by atoms with Crippen molar-refractivity contribution in [2.24, 2.45) is 17.6 Å². The molecule has 0 spiro atoms. The van der Waals surface area contributed by atoms with E-state index >= 15 is 0 Å². The van der Waals surface area contributed by atoms with Gasteiger partial charge in [-0.25, -0.2) is 0 Å². The largest absolute Gasteiger partial charge is 0.326 e. The number of hydrogen-bond acceptors (Lipinski definition) is 6. The molecule has 0 aromatic heterocycles. The number of likely N-dealkylation sites (tertiary alicyclic amines) is 1. The number of fused-ring (bicyclic) bond motifs is 2. The normalized spacial score (nSPS) is 32.2. The number of benzene rings is 1. The molecular formula is C20H22N4O4. The van der Waals surface area contributed by atoms with Crippen molar-refractivity contribution in [3.8, 4) is 0 Å². The molecule has 146 valence electrons. The standard InChI is InChI=1S/C20H22N4O4/c21-14-9-23(8-11-6-13(11)14)7-10-2-1-3-12-17(10)20(28)24(19(12)27)15-4-5-16(25)22-18(15)26/h1-3,11,13-15H,4-9,21H2,(H,22,25,26)/t11-,13-,14-,15?/m0/s1. The maximum absolute atomic E-state index is 13.1. The van der Waals surface area contributed by atoms with Crippen molar-refractivity contribution in [1.82, 2.24) is 15.1 Å². The fraction of sp³-hybridized carbons (Fsp3) is 0.500. The van der Waals surface area contributed by atoms with Crippen LogP contribution in [0.15, 0.2) is 18.2 Å². The molecule has 8 heteroatoms. The van der Waals surface area contributed by atoms with Gasteiger partial charge in [-0.05, 0) is 36.3 Å². The van der Waals surface area contributed by atoms with E-state index in [1.165, 1.54) is 6.42 Å². The summed E-state index contributed by atoms with van der Waals surface area (Å²) in [7, 11) is 0. The predicted molar refractivity (Wildman–Crippen MR) is 98.0 cm³/mol. The minimum absolute atomic E-state index is 0.116. The van der Waals surface area contributed by atoms with Crippen LogP contribution in [0.5, 0.6) is 0 Å². The number of piperidine rings is 2. The molecule has 3 fully saturated rings. The fourth-order valence-corrected chi connectivity index (χ4v) is 4.93. The average molecular weight is 382 g/mol. The van der Waals surface area contributed by atoms with Gasteiger partial charge in [0.2, 0.25) is 11.8 Å². The van der Waals surface area contributed by atoms with E-state index in [0.717, 1.165) is 23.6 Å². The maximum atomic E-state index is 13.1. The van der Waals surface area contributed by atoms with E-state index < -0.39 is 23.8 Å². The third kappa shape index (κ3) is 2.67. The molecule has 2 saturated heterocycles. The van der Waals surface area contributed by atoms with Crippen molar-refractivity contribution in [1.29, 1.82) is 0 Å². The van der Waals surface area contributed by atoms with Crippen LogP contribution in [0, 0.1) is 11.8 Å². The Labute approximate surface area is 162 Å². The highest BCUT2D eigenvalue weighted by Gasteiger charge is 2.48. The lowest BCUT2D eigenvalue weighted by Crippen LogP contribution is -2.54. The van der Waals surface area contributed by atoms with Crippen LogP contribution in [0.1, 0.15) is 45.5 Å². The van der Waals surface area contributed by atoms with Crippen LogP contribution in [-0.4, -0.2) is 58.6 Å².